The lowest BCUT2D eigenvalue weighted by molar-refractivity contribution is 0.149. The Balaban J connectivity index is 1.25. The van der Waals surface area contributed by atoms with Crippen LogP contribution in [0, 0.1) is 36.3 Å². The van der Waals surface area contributed by atoms with Crippen molar-refractivity contribution in [1.82, 2.24) is 9.88 Å². The first kappa shape index (κ1) is 29.7. The van der Waals surface area contributed by atoms with Gasteiger partial charge in [-0.25, -0.2) is 18.6 Å². The highest BCUT2D eigenvalue weighted by Crippen LogP contribution is 2.33. The van der Waals surface area contributed by atoms with E-state index in [4.69, 9.17) is 16.2 Å². The van der Waals surface area contributed by atoms with Crippen LogP contribution in [0.5, 0.6) is 5.75 Å². The molecule has 218 valence electrons. The van der Waals surface area contributed by atoms with E-state index in [9.17, 15) is 13.6 Å². The summed E-state index contributed by atoms with van der Waals surface area (Å²) in [6.07, 6.45) is 4.50. The summed E-state index contributed by atoms with van der Waals surface area (Å²) < 4.78 is 34.2. The maximum Gasteiger partial charge on any atom is 0.345 e. The second-order valence-corrected chi connectivity index (χ2v) is 11.6. The van der Waals surface area contributed by atoms with Gasteiger partial charge in [0.25, 0.3) is 0 Å². The number of ether oxygens (including phenoxy) is 1. The molecule has 1 aromatic carbocycles. The molecule has 40 heavy (non-hydrogen) atoms. The van der Waals surface area contributed by atoms with E-state index in [1.807, 2.05) is 31.7 Å². The maximum absolute atomic E-state index is 14.4. The highest BCUT2D eigenvalue weighted by Gasteiger charge is 2.34. The van der Waals surface area contributed by atoms with E-state index in [0.717, 1.165) is 42.8 Å². The minimum atomic E-state index is -0.467. The Morgan fingerprint density at radius 3 is 2.58 bits per heavy atom. The van der Waals surface area contributed by atoms with Gasteiger partial charge in [-0.05, 0) is 73.4 Å². The van der Waals surface area contributed by atoms with E-state index in [1.54, 1.807) is 11.1 Å². The number of amides is 2. The van der Waals surface area contributed by atoms with E-state index in [-0.39, 0.29) is 23.9 Å². The van der Waals surface area contributed by atoms with E-state index >= 15 is 0 Å². The topological polar surface area (TPSA) is 110 Å². The number of aromatic nitrogens is 1. The number of benzene rings is 1. The molecule has 0 radical (unpaired) electrons. The monoisotopic (exact) mass is 556 g/mol. The lowest BCUT2D eigenvalue weighted by atomic mass is 9.84. The van der Waals surface area contributed by atoms with Crippen molar-refractivity contribution >= 4 is 17.7 Å². The lowest BCUT2D eigenvalue weighted by Gasteiger charge is -2.34. The van der Waals surface area contributed by atoms with Crippen LogP contribution in [-0.2, 0) is 0 Å². The van der Waals surface area contributed by atoms with Gasteiger partial charge < -0.3 is 26.0 Å². The summed E-state index contributed by atoms with van der Waals surface area (Å²) in [5.74, 6) is 1.67. The zero-order valence-electron chi connectivity index (χ0n) is 23.9. The molecule has 4 N–H and O–H groups in total. The summed E-state index contributed by atoms with van der Waals surface area (Å²) in [7, 11) is 0. The molecule has 0 aliphatic carbocycles. The van der Waals surface area contributed by atoms with Crippen molar-refractivity contribution in [2.45, 2.75) is 58.9 Å². The second-order valence-electron chi connectivity index (χ2n) is 11.6. The Hall–Kier alpha value is -3.27. The number of urea groups is 1. The predicted molar refractivity (Wildman–Crippen MR) is 154 cm³/mol. The number of carbonyl (C=O) groups is 1. The third-order valence-corrected chi connectivity index (χ3v) is 8.32. The number of aliphatic imine (C=N–C) groups is 1. The van der Waals surface area contributed by atoms with Crippen LogP contribution in [0.15, 0.2) is 35.5 Å². The summed E-state index contributed by atoms with van der Waals surface area (Å²) >= 11 is 0. The summed E-state index contributed by atoms with van der Waals surface area (Å²) in [5.41, 5.74) is 13.4. The fraction of sp³-hybridized carbons (Fsp3) is 0.567. The van der Waals surface area contributed by atoms with Crippen molar-refractivity contribution in [3.63, 3.8) is 0 Å². The number of pyridine rings is 1. The number of anilines is 1. The summed E-state index contributed by atoms with van der Waals surface area (Å²) in [6.45, 7) is 11.0. The molecule has 2 aliphatic rings. The largest absolute Gasteiger partial charge is 0.492 e. The third-order valence-electron chi connectivity index (χ3n) is 8.32. The van der Waals surface area contributed by atoms with E-state index in [0.29, 0.717) is 61.8 Å². The Labute approximate surface area is 235 Å². The molecule has 2 aliphatic heterocycles. The fourth-order valence-corrected chi connectivity index (χ4v) is 5.65. The molecule has 4 rings (SSSR count). The van der Waals surface area contributed by atoms with Crippen LogP contribution in [0.2, 0.25) is 0 Å². The smallest absolute Gasteiger partial charge is 0.345 e. The SMILES string of the molecule is Cc1cc(OCCC(C)C2CCN(C(=O)N=C(N)C(C)C)CC2)cnc1N1CC(N)C(c2cc(F)ccc2F)C1. The fourth-order valence-electron chi connectivity index (χ4n) is 5.65. The first-order chi connectivity index (χ1) is 19.0. The molecule has 3 heterocycles. The number of hydrogen-bond donors (Lipinski definition) is 2. The number of halogens is 2. The Morgan fingerprint density at radius 2 is 1.90 bits per heavy atom. The molecule has 2 saturated heterocycles. The van der Waals surface area contributed by atoms with Crippen molar-refractivity contribution in [3.8, 4) is 5.75 Å². The number of piperidine rings is 1. The zero-order valence-corrected chi connectivity index (χ0v) is 23.9. The van der Waals surface area contributed by atoms with Gasteiger partial charge in [0.2, 0.25) is 0 Å². The van der Waals surface area contributed by atoms with Gasteiger partial charge in [-0.15, -0.1) is 0 Å². The van der Waals surface area contributed by atoms with Crippen LogP contribution >= 0.6 is 0 Å². The van der Waals surface area contributed by atoms with Crippen LogP contribution in [-0.4, -0.2) is 60.6 Å². The summed E-state index contributed by atoms with van der Waals surface area (Å²) in [6, 6.07) is 4.91. The van der Waals surface area contributed by atoms with Gasteiger partial charge in [-0.3, -0.25) is 0 Å². The van der Waals surface area contributed by atoms with Crippen molar-refractivity contribution in [3.05, 3.63) is 53.2 Å². The second kappa shape index (κ2) is 12.9. The molecule has 0 spiro atoms. The van der Waals surface area contributed by atoms with Crippen molar-refractivity contribution < 1.29 is 18.3 Å². The van der Waals surface area contributed by atoms with Gasteiger partial charge in [-0.2, -0.15) is 4.99 Å². The van der Waals surface area contributed by atoms with Crippen LogP contribution in [0.1, 0.15) is 57.1 Å². The molecular weight excluding hydrogens is 514 g/mol. The normalized spacial score (nSPS) is 21.2. The van der Waals surface area contributed by atoms with Crippen LogP contribution in [0.3, 0.4) is 0 Å². The lowest BCUT2D eigenvalue weighted by Crippen LogP contribution is -2.39. The molecule has 2 amide bonds. The van der Waals surface area contributed by atoms with Gasteiger partial charge >= 0.3 is 6.03 Å². The van der Waals surface area contributed by atoms with E-state index in [1.165, 1.54) is 6.07 Å². The zero-order chi connectivity index (χ0) is 29.0. The molecule has 3 unspecified atom stereocenters. The molecule has 10 heteroatoms. The molecule has 0 bridgehead atoms. The average Bonchev–Trinajstić information content (AvgIpc) is 3.30. The molecule has 2 fully saturated rings. The van der Waals surface area contributed by atoms with Crippen LogP contribution < -0.4 is 21.1 Å². The molecule has 0 saturated carbocycles. The minimum Gasteiger partial charge on any atom is -0.492 e. The van der Waals surface area contributed by atoms with Crippen molar-refractivity contribution in [2.24, 2.45) is 34.2 Å². The third kappa shape index (κ3) is 7.08. The van der Waals surface area contributed by atoms with Crippen molar-refractivity contribution in [2.75, 3.05) is 37.7 Å². The Kier molecular flexibility index (Phi) is 9.60. The molecule has 8 nitrogen and oxygen atoms in total. The minimum absolute atomic E-state index is 0.0558. The van der Waals surface area contributed by atoms with Crippen LogP contribution in [0.4, 0.5) is 19.4 Å². The molecule has 1 aromatic heterocycles. The van der Waals surface area contributed by atoms with Gasteiger partial charge in [-0.1, -0.05) is 20.8 Å². The van der Waals surface area contributed by atoms with Gasteiger partial charge in [0.15, 0.2) is 0 Å². The highest BCUT2D eigenvalue weighted by molar-refractivity contribution is 5.93. The number of rotatable bonds is 8. The standard InChI is InChI=1S/C30H42F2N6O2/c1-18(2)28(34)36-30(39)37-10-7-21(8-11-37)19(3)9-12-40-23-13-20(4)29(35-15-23)38-16-25(27(33)17-38)24-14-22(31)5-6-26(24)32/h5-6,13-15,18-19,21,25,27H,7-12,16-17,33H2,1-4H3,(H2,34,36,39). The van der Waals surface area contributed by atoms with Gasteiger partial charge in [0.1, 0.15) is 29.0 Å². The number of carbonyl (C=O) groups excluding carboxylic acids is 1. The van der Waals surface area contributed by atoms with Crippen LogP contribution in [0.25, 0.3) is 0 Å². The van der Waals surface area contributed by atoms with E-state index in [2.05, 4.69) is 16.9 Å². The quantitative estimate of drug-likeness (QED) is 0.355. The molecule has 3 atom stereocenters. The predicted octanol–water partition coefficient (Wildman–Crippen LogP) is 4.85. The number of likely N-dealkylation sites (tertiary alicyclic amines) is 1. The average molecular weight is 557 g/mol. The summed E-state index contributed by atoms with van der Waals surface area (Å²) in [5, 5.41) is 0. The van der Waals surface area contributed by atoms with Gasteiger partial charge in [0.05, 0.1) is 12.8 Å². The number of aryl methyl sites for hydroxylation is 1. The number of nitrogens with two attached hydrogens (primary N) is 2. The molecular formula is C30H42F2N6O2. The first-order valence-electron chi connectivity index (χ1n) is 14.2. The van der Waals surface area contributed by atoms with Crippen molar-refractivity contribution in [1.29, 1.82) is 0 Å². The maximum atomic E-state index is 14.4. The Morgan fingerprint density at radius 1 is 1.18 bits per heavy atom. The summed E-state index contributed by atoms with van der Waals surface area (Å²) in [4.78, 5) is 24.9. The van der Waals surface area contributed by atoms with Gasteiger partial charge in [0, 0.05) is 44.1 Å². The Bertz CT molecular complexity index is 1210. The van der Waals surface area contributed by atoms with E-state index < -0.39 is 11.6 Å². The molecule has 2 aromatic rings. The highest BCUT2D eigenvalue weighted by atomic mass is 19.1. The number of hydrogen-bond acceptors (Lipinski definition) is 5. The number of amidine groups is 1. The number of nitrogens with zero attached hydrogens (tertiary/aromatic N) is 4. The first-order valence-corrected chi connectivity index (χ1v) is 14.2.